The number of benzene rings is 1. The van der Waals surface area contributed by atoms with Gasteiger partial charge in [0.15, 0.2) is 0 Å². The van der Waals surface area contributed by atoms with E-state index in [1.165, 1.54) is 11.1 Å². The number of nitrogens with one attached hydrogen (secondary N) is 1. The van der Waals surface area contributed by atoms with Crippen molar-refractivity contribution in [2.24, 2.45) is 0 Å². The Morgan fingerprint density at radius 1 is 1.17 bits per heavy atom. The molecule has 2 amide bonds. The summed E-state index contributed by atoms with van der Waals surface area (Å²) in [6.07, 6.45) is 0. The van der Waals surface area contributed by atoms with Crippen LogP contribution < -0.4 is 5.32 Å². The molecule has 24 heavy (non-hydrogen) atoms. The number of piperazine rings is 2. The third-order valence-corrected chi connectivity index (χ3v) is 5.08. The summed E-state index contributed by atoms with van der Waals surface area (Å²) in [5.74, 6) is 0.0536. The first kappa shape index (κ1) is 15.2. The van der Waals surface area contributed by atoms with E-state index in [1.54, 1.807) is 4.90 Å². The fourth-order valence-electron chi connectivity index (χ4n) is 3.58. The number of carbonyl (C=O) groups is 2. The molecule has 0 unspecified atom stereocenters. The summed E-state index contributed by atoms with van der Waals surface area (Å²) in [7, 11) is 0. The van der Waals surface area contributed by atoms with E-state index < -0.39 is 11.8 Å². The number of rotatable bonds is 2. The van der Waals surface area contributed by atoms with E-state index in [0.29, 0.717) is 13.1 Å². The third kappa shape index (κ3) is 2.57. The number of amides is 2. The second-order valence-corrected chi connectivity index (χ2v) is 6.78. The van der Waals surface area contributed by atoms with Gasteiger partial charge in [-0.15, -0.1) is 0 Å². The van der Waals surface area contributed by atoms with Crippen molar-refractivity contribution >= 4 is 22.8 Å². The third-order valence-electron chi connectivity index (χ3n) is 5.08. The molecule has 0 spiro atoms. The van der Waals surface area contributed by atoms with Gasteiger partial charge in [-0.3, -0.25) is 14.5 Å². The molecule has 3 heterocycles. The molecular weight excluding hydrogens is 306 g/mol. The molecule has 1 aromatic carbocycles. The monoisotopic (exact) mass is 327 g/mol. The van der Waals surface area contributed by atoms with Crippen LogP contribution in [-0.4, -0.2) is 53.8 Å². The lowest BCUT2D eigenvalue weighted by atomic mass is 10.1. The summed E-state index contributed by atoms with van der Waals surface area (Å²) in [5, 5.41) is 3.80. The maximum Gasteiger partial charge on any atom is 0.312 e. The lowest BCUT2D eigenvalue weighted by Gasteiger charge is -2.43. The highest BCUT2D eigenvalue weighted by Crippen LogP contribution is 2.25. The maximum absolute atomic E-state index is 11.9. The van der Waals surface area contributed by atoms with Crippen LogP contribution >= 0.6 is 0 Å². The maximum atomic E-state index is 11.9. The molecule has 2 fully saturated rings. The van der Waals surface area contributed by atoms with E-state index in [4.69, 9.17) is 4.42 Å². The number of carbonyl (C=O) groups excluding carboxylic acids is 2. The molecule has 0 bridgehead atoms. The van der Waals surface area contributed by atoms with Crippen LogP contribution in [0, 0.1) is 13.8 Å². The summed E-state index contributed by atoms with van der Waals surface area (Å²) in [5.41, 5.74) is 3.42. The molecular formula is C18H21N3O3. The van der Waals surface area contributed by atoms with Crippen molar-refractivity contribution in [3.05, 3.63) is 35.1 Å². The zero-order chi connectivity index (χ0) is 16.8. The van der Waals surface area contributed by atoms with Gasteiger partial charge in [-0.05, 0) is 43.2 Å². The molecule has 2 aliphatic heterocycles. The molecule has 1 N–H and O–H groups in total. The summed E-state index contributed by atoms with van der Waals surface area (Å²) < 4.78 is 5.99. The van der Waals surface area contributed by atoms with Crippen LogP contribution in [0.5, 0.6) is 0 Å². The fraction of sp³-hybridized carbons (Fsp3) is 0.444. The van der Waals surface area contributed by atoms with Crippen molar-refractivity contribution in [1.82, 2.24) is 15.1 Å². The van der Waals surface area contributed by atoms with Crippen LogP contribution in [0.15, 0.2) is 22.6 Å². The molecule has 0 radical (unpaired) electrons. The van der Waals surface area contributed by atoms with Gasteiger partial charge in [0.05, 0.1) is 12.6 Å². The summed E-state index contributed by atoms with van der Waals surface area (Å²) in [6, 6.07) is 6.40. The topological polar surface area (TPSA) is 65.8 Å². The van der Waals surface area contributed by atoms with Crippen molar-refractivity contribution in [1.29, 1.82) is 0 Å². The standard InChI is InChI=1S/C18H21N3O3/c1-11-5-13-7-15(24-16(13)6-12(11)2)10-20-3-4-21-14(9-20)8-19-17(22)18(21)23/h5-7,14H,3-4,8-10H2,1-2H3,(H,19,22)/t14-/m0/s1. The van der Waals surface area contributed by atoms with E-state index in [2.05, 4.69) is 42.3 Å². The van der Waals surface area contributed by atoms with Crippen LogP contribution in [0.1, 0.15) is 16.9 Å². The normalized spacial score (nSPS) is 21.9. The van der Waals surface area contributed by atoms with E-state index >= 15 is 0 Å². The molecule has 0 aliphatic carbocycles. The first-order chi connectivity index (χ1) is 11.5. The van der Waals surface area contributed by atoms with Gasteiger partial charge in [-0.25, -0.2) is 0 Å². The second kappa shape index (κ2) is 5.63. The molecule has 126 valence electrons. The van der Waals surface area contributed by atoms with Gasteiger partial charge in [-0.2, -0.15) is 0 Å². The summed E-state index contributed by atoms with van der Waals surface area (Å²) in [6.45, 7) is 7.54. The molecule has 2 aliphatic rings. The van der Waals surface area contributed by atoms with Gasteiger partial charge in [0.1, 0.15) is 11.3 Å². The Hall–Kier alpha value is -2.34. The second-order valence-electron chi connectivity index (χ2n) is 6.78. The lowest BCUT2D eigenvalue weighted by molar-refractivity contribution is -0.152. The van der Waals surface area contributed by atoms with Crippen LogP contribution in [-0.2, 0) is 16.1 Å². The Kier molecular flexibility index (Phi) is 3.57. The minimum atomic E-state index is -0.484. The summed E-state index contributed by atoms with van der Waals surface area (Å²) in [4.78, 5) is 27.3. The fourth-order valence-corrected chi connectivity index (χ4v) is 3.58. The molecule has 0 saturated carbocycles. The predicted octanol–water partition coefficient (Wildman–Crippen LogP) is 1.19. The zero-order valence-electron chi connectivity index (χ0n) is 14.0. The van der Waals surface area contributed by atoms with Gasteiger partial charge >= 0.3 is 11.8 Å². The number of hydrogen-bond donors (Lipinski definition) is 1. The van der Waals surface area contributed by atoms with E-state index in [9.17, 15) is 9.59 Å². The van der Waals surface area contributed by atoms with Gasteiger partial charge in [-0.1, -0.05) is 0 Å². The Labute approximate surface area is 140 Å². The SMILES string of the molecule is Cc1cc2cc(CN3CCN4C(=O)C(=O)NC[C@H]4C3)oc2cc1C. The molecule has 4 rings (SSSR count). The number of aryl methyl sites for hydroxylation is 2. The van der Waals surface area contributed by atoms with Crippen molar-refractivity contribution < 1.29 is 14.0 Å². The average Bonchev–Trinajstić information content (AvgIpc) is 2.92. The average molecular weight is 327 g/mol. The van der Waals surface area contributed by atoms with Crippen molar-refractivity contribution in [3.8, 4) is 0 Å². The zero-order valence-corrected chi connectivity index (χ0v) is 14.0. The lowest BCUT2D eigenvalue weighted by Crippen LogP contribution is -2.65. The van der Waals surface area contributed by atoms with Crippen molar-refractivity contribution in [2.75, 3.05) is 26.2 Å². The van der Waals surface area contributed by atoms with Crippen LogP contribution in [0.2, 0.25) is 0 Å². The molecule has 2 saturated heterocycles. The van der Waals surface area contributed by atoms with Gasteiger partial charge in [0.2, 0.25) is 0 Å². The highest BCUT2D eigenvalue weighted by molar-refractivity contribution is 6.35. The predicted molar refractivity (Wildman–Crippen MR) is 89.5 cm³/mol. The van der Waals surface area contributed by atoms with E-state index in [1.807, 2.05) is 0 Å². The number of nitrogens with zero attached hydrogens (tertiary/aromatic N) is 2. The van der Waals surface area contributed by atoms with Gasteiger partial charge < -0.3 is 14.6 Å². The number of fused-ring (bicyclic) bond motifs is 2. The minimum absolute atomic E-state index is 0.0535. The Morgan fingerprint density at radius 3 is 2.79 bits per heavy atom. The Bertz CT molecular complexity index is 787. The van der Waals surface area contributed by atoms with Gasteiger partial charge in [0.25, 0.3) is 0 Å². The Morgan fingerprint density at radius 2 is 1.96 bits per heavy atom. The van der Waals surface area contributed by atoms with Gasteiger partial charge in [0, 0.05) is 31.6 Å². The van der Waals surface area contributed by atoms with Crippen LogP contribution in [0.25, 0.3) is 11.0 Å². The quantitative estimate of drug-likeness (QED) is 0.842. The van der Waals surface area contributed by atoms with Crippen molar-refractivity contribution in [2.45, 2.75) is 26.4 Å². The smallest absolute Gasteiger partial charge is 0.312 e. The molecule has 6 heteroatoms. The largest absolute Gasteiger partial charge is 0.460 e. The molecule has 2 aromatic rings. The first-order valence-corrected chi connectivity index (χ1v) is 8.32. The van der Waals surface area contributed by atoms with E-state index in [-0.39, 0.29) is 6.04 Å². The van der Waals surface area contributed by atoms with E-state index in [0.717, 1.165) is 36.4 Å². The summed E-state index contributed by atoms with van der Waals surface area (Å²) >= 11 is 0. The number of hydrogen-bond acceptors (Lipinski definition) is 4. The highest BCUT2D eigenvalue weighted by Gasteiger charge is 2.37. The van der Waals surface area contributed by atoms with Crippen LogP contribution in [0.3, 0.4) is 0 Å². The first-order valence-electron chi connectivity index (χ1n) is 8.32. The molecule has 1 aromatic heterocycles. The molecule has 6 nitrogen and oxygen atoms in total. The molecule has 1 atom stereocenters. The highest BCUT2D eigenvalue weighted by atomic mass is 16.3. The van der Waals surface area contributed by atoms with Crippen molar-refractivity contribution in [3.63, 3.8) is 0 Å². The van der Waals surface area contributed by atoms with Crippen LogP contribution in [0.4, 0.5) is 0 Å². The Balaban J connectivity index is 1.48. The number of furan rings is 1. The minimum Gasteiger partial charge on any atom is -0.460 e.